The van der Waals surface area contributed by atoms with Crippen LogP contribution in [0.5, 0.6) is 0 Å². The number of nitrogens with two attached hydrogens (primary N) is 1. The molecule has 1 heterocycles. The maximum absolute atomic E-state index is 12.2. The van der Waals surface area contributed by atoms with E-state index in [2.05, 4.69) is 20.8 Å². The summed E-state index contributed by atoms with van der Waals surface area (Å²) in [5.74, 6) is -0.180. The molecular weight excluding hydrogens is 348 g/mol. The van der Waals surface area contributed by atoms with E-state index in [4.69, 9.17) is 5.73 Å². The van der Waals surface area contributed by atoms with Crippen molar-refractivity contribution in [3.8, 4) is 0 Å². The third-order valence-corrected chi connectivity index (χ3v) is 5.25. The Labute approximate surface area is 146 Å². The summed E-state index contributed by atoms with van der Waals surface area (Å²) in [6, 6.07) is 7.67. The number of carbonyl (C=O) groups excluding carboxylic acids is 2. The van der Waals surface area contributed by atoms with Crippen molar-refractivity contribution in [3.63, 3.8) is 0 Å². The van der Waals surface area contributed by atoms with Crippen LogP contribution in [0.15, 0.2) is 34.3 Å². The molecule has 0 radical (unpaired) electrons. The molecule has 0 aliphatic heterocycles. The molecule has 1 aliphatic rings. The van der Waals surface area contributed by atoms with Crippen LogP contribution in [-0.4, -0.2) is 43.5 Å². The maximum atomic E-state index is 12.2. The highest BCUT2D eigenvalue weighted by molar-refractivity contribution is 8.00. The largest absolute Gasteiger partial charge is 0.369 e. The van der Waals surface area contributed by atoms with Gasteiger partial charge in [-0.15, -0.1) is 16.9 Å². The summed E-state index contributed by atoms with van der Waals surface area (Å²) in [6.45, 7) is 0. The molecule has 1 aromatic carbocycles. The molecule has 0 bridgehead atoms. The predicted molar refractivity (Wildman–Crippen MR) is 91.8 cm³/mol. The van der Waals surface area contributed by atoms with E-state index in [0.717, 1.165) is 17.7 Å². The number of hydrogen-bond acceptors (Lipinski definition) is 7. The Morgan fingerprint density at radius 3 is 2.79 bits per heavy atom. The first kappa shape index (κ1) is 16.8. The smallest absolute Gasteiger partial charge is 0.234 e. The zero-order valence-corrected chi connectivity index (χ0v) is 14.3. The first-order valence-electron chi connectivity index (χ1n) is 7.34. The number of tetrazole rings is 1. The van der Waals surface area contributed by atoms with E-state index >= 15 is 0 Å². The summed E-state index contributed by atoms with van der Waals surface area (Å²) in [7, 11) is 0. The number of carbonyl (C=O) groups is 2. The Morgan fingerprint density at radius 2 is 2.04 bits per heavy atom. The third kappa shape index (κ3) is 4.48. The molecular formula is C14H16N6O2S2. The highest BCUT2D eigenvalue weighted by Crippen LogP contribution is 2.36. The number of anilines is 1. The lowest BCUT2D eigenvalue weighted by atomic mass is 10.3. The van der Waals surface area contributed by atoms with Crippen molar-refractivity contribution in [3.05, 3.63) is 24.3 Å². The number of rotatable bonds is 8. The molecule has 0 atom stereocenters. The van der Waals surface area contributed by atoms with Crippen molar-refractivity contribution in [2.75, 3.05) is 16.8 Å². The van der Waals surface area contributed by atoms with Crippen LogP contribution in [0.4, 0.5) is 5.69 Å². The van der Waals surface area contributed by atoms with Gasteiger partial charge in [0.2, 0.25) is 17.0 Å². The fourth-order valence-electron chi connectivity index (χ4n) is 1.99. The summed E-state index contributed by atoms with van der Waals surface area (Å²) < 4.78 is 1.77. The van der Waals surface area contributed by atoms with Gasteiger partial charge < -0.3 is 11.1 Å². The van der Waals surface area contributed by atoms with Crippen molar-refractivity contribution < 1.29 is 9.59 Å². The van der Waals surface area contributed by atoms with Gasteiger partial charge in [-0.2, -0.15) is 0 Å². The van der Waals surface area contributed by atoms with Gasteiger partial charge in [0.05, 0.1) is 23.2 Å². The average molecular weight is 364 g/mol. The van der Waals surface area contributed by atoms with Gasteiger partial charge in [-0.05, 0) is 35.4 Å². The first-order chi connectivity index (χ1) is 11.6. The van der Waals surface area contributed by atoms with Crippen molar-refractivity contribution >= 4 is 41.0 Å². The van der Waals surface area contributed by atoms with Gasteiger partial charge in [-0.25, -0.2) is 4.68 Å². The summed E-state index contributed by atoms with van der Waals surface area (Å²) in [4.78, 5) is 23.9. The third-order valence-electron chi connectivity index (χ3n) is 3.22. The summed E-state index contributed by atoms with van der Waals surface area (Å²) in [6.07, 6.45) is 2.16. The van der Waals surface area contributed by atoms with Crippen LogP contribution in [0.3, 0.4) is 0 Å². The lowest BCUT2D eigenvalue weighted by Crippen LogP contribution is -2.16. The quantitative estimate of drug-likeness (QED) is 0.679. The molecule has 126 valence electrons. The van der Waals surface area contributed by atoms with Crippen molar-refractivity contribution in [1.29, 1.82) is 0 Å². The van der Waals surface area contributed by atoms with E-state index in [1.54, 1.807) is 10.7 Å². The average Bonchev–Trinajstić information content (AvgIpc) is 3.30. The normalized spacial score (nSPS) is 13.7. The molecule has 0 saturated heterocycles. The molecule has 10 heteroatoms. The molecule has 1 aliphatic carbocycles. The fourth-order valence-corrected chi connectivity index (χ4v) is 3.48. The van der Waals surface area contributed by atoms with Crippen LogP contribution in [0.1, 0.15) is 18.9 Å². The Morgan fingerprint density at radius 1 is 1.25 bits per heavy atom. The van der Waals surface area contributed by atoms with Crippen molar-refractivity contribution in [2.24, 2.45) is 5.73 Å². The monoisotopic (exact) mass is 364 g/mol. The minimum Gasteiger partial charge on any atom is -0.369 e. The van der Waals surface area contributed by atoms with Crippen molar-refractivity contribution in [2.45, 2.75) is 28.9 Å². The number of benzene rings is 1. The molecule has 0 spiro atoms. The van der Waals surface area contributed by atoms with E-state index in [0.29, 0.717) is 16.9 Å². The van der Waals surface area contributed by atoms with Crippen molar-refractivity contribution in [1.82, 2.24) is 20.2 Å². The molecule has 3 N–H and O–H groups in total. The maximum Gasteiger partial charge on any atom is 0.234 e. The minimum absolute atomic E-state index is 0.155. The van der Waals surface area contributed by atoms with Gasteiger partial charge in [0.25, 0.3) is 0 Å². The zero-order valence-electron chi connectivity index (χ0n) is 12.7. The van der Waals surface area contributed by atoms with E-state index < -0.39 is 5.91 Å². The topological polar surface area (TPSA) is 116 Å². The number of hydrogen-bond donors (Lipinski definition) is 2. The Kier molecular flexibility index (Phi) is 5.36. The highest BCUT2D eigenvalue weighted by atomic mass is 32.2. The molecule has 2 aromatic rings. The van der Waals surface area contributed by atoms with Gasteiger partial charge in [0.1, 0.15) is 0 Å². The fraction of sp³-hybridized carbons (Fsp3) is 0.357. The van der Waals surface area contributed by atoms with Gasteiger partial charge in [-0.3, -0.25) is 9.59 Å². The second kappa shape index (κ2) is 7.67. The Balaban J connectivity index is 1.56. The molecule has 1 aromatic heterocycles. The molecule has 0 unspecified atom stereocenters. The number of amides is 2. The molecule has 1 fully saturated rings. The predicted octanol–water partition coefficient (Wildman–Crippen LogP) is 1.32. The van der Waals surface area contributed by atoms with Crippen LogP contribution in [0.25, 0.3) is 0 Å². The van der Waals surface area contributed by atoms with Crippen LogP contribution < -0.4 is 11.1 Å². The lowest BCUT2D eigenvalue weighted by molar-refractivity contribution is -0.115. The number of thioether (sulfide) groups is 2. The molecule has 1 saturated carbocycles. The SMILES string of the molecule is NC(=O)CSc1ccccc1NC(=O)CSc1nnnn1C1CC1. The van der Waals surface area contributed by atoms with Crippen LogP contribution in [0, 0.1) is 0 Å². The van der Waals surface area contributed by atoms with Gasteiger partial charge >= 0.3 is 0 Å². The molecule has 2 amide bonds. The summed E-state index contributed by atoms with van der Waals surface area (Å²) in [5, 5.41) is 15.1. The minimum atomic E-state index is -0.399. The summed E-state index contributed by atoms with van der Waals surface area (Å²) >= 11 is 2.60. The van der Waals surface area contributed by atoms with Gasteiger partial charge in [-0.1, -0.05) is 23.9 Å². The number of nitrogens with one attached hydrogen (secondary N) is 1. The lowest BCUT2D eigenvalue weighted by Gasteiger charge is -2.10. The molecule has 8 nitrogen and oxygen atoms in total. The van der Waals surface area contributed by atoms with Gasteiger partial charge in [0, 0.05) is 4.90 Å². The standard InChI is InChI=1S/C14H16N6O2S2/c15-12(21)7-23-11-4-2-1-3-10(11)16-13(22)8-24-14-17-18-19-20(14)9-5-6-9/h1-4,9H,5-8H2,(H2,15,21)(H,16,22). The number of para-hydroxylation sites is 1. The second-order valence-corrected chi connectivity index (χ2v) is 7.18. The highest BCUT2D eigenvalue weighted by Gasteiger charge is 2.28. The Bertz CT molecular complexity index is 746. The van der Waals surface area contributed by atoms with E-state index in [-0.39, 0.29) is 17.4 Å². The number of aromatic nitrogens is 4. The summed E-state index contributed by atoms with van der Waals surface area (Å²) in [5.41, 5.74) is 5.83. The van der Waals surface area contributed by atoms with Crippen LogP contribution in [-0.2, 0) is 9.59 Å². The molecule has 3 rings (SSSR count). The Hall–Kier alpha value is -2.07. The van der Waals surface area contributed by atoms with Gasteiger partial charge in [0.15, 0.2) is 0 Å². The van der Waals surface area contributed by atoms with Crippen LogP contribution >= 0.6 is 23.5 Å². The first-order valence-corrected chi connectivity index (χ1v) is 9.31. The number of nitrogens with zero attached hydrogens (tertiary/aromatic N) is 4. The van der Waals surface area contributed by atoms with Crippen LogP contribution in [0.2, 0.25) is 0 Å². The van der Waals surface area contributed by atoms with E-state index in [9.17, 15) is 9.59 Å². The molecule has 24 heavy (non-hydrogen) atoms. The zero-order chi connectivity index (χ0) is 16.9. The van der Waals surface area contributed by atoms with E-state index in [1.165, 1.54) is 23.5 Å². The van der Waals surface area contributed by atoms with E-state index in [1.807, 2.05) is 18.2 Å². The second-order valence-electron chi connectivity index (χ2n) is 5.23. The number of primary amides is 1.